The Morgan fingerprint density at radius 3 is 3.00 bits per heavy atom. The molecule has 0 bridgehead atoms. The smallest absolute Gasteiger partial charge is 0.225 e. The highest BCUT2D eigenvalue weighted by Crippen LogP contribution is 2.58. The third kappa shape index (κ3) is 1.04. The molecule has 2 unspecified atom stereocenters. The van der Waals surface area contributed by atoms with Gasteiger partial charge in [0.1, 0.15) is 6.33 Å². The number of aromatic nitrogens is 3. The van der Waals surface area contributed by atoms with Crippen molar-refractivity contribution in [1.82, 2.24) is 14.8 Å². The maximum atomic E-state index is 5.85. The van der Waals surface area contributed by atoms with Crippen LogP contribution in [0, 0.1) is 5.41 Å². The number of hydrogen-bond donors (Lipinski definition) is 0. The molecule has 0 saturated heterocycles. The van der Waals surface area contributed by atoms with Crippen molar-refractivity contribution in [3.8, 4) is 0 Å². The fraction of sp³-hybridized carbons (Fsp3) is 0.750. The lowest BCUT2D eigenvalue weighted by Crippen LogP contribution is -2.01. The highest BCUT2D eigenvalue weighted by Gasteiger charge is 2.50. The second-order valence-corrected chi connectivity index (χ2v) is 4.07. The van der Waals surface area contributed by atoms with Gasteiger partial charge in [0.05, 0.1) is 0 Å². The molecule has 12 heavy (non-hydrogen) atoms. The monoisotopic (exact) mass is 185 g/mol. The maximum Gasteiger partial charge on any atom is 0.225 e. The Hall–Kier alpha value is -0.570. The zero-order chi connectivity index (χ0) is 8.77. The topological polar surface area (TPSA) is 30.7 Å². The summed E-state index contributed by atoms with van der Waals surface area (Å²) in [6, 6.07) is 0.519. The van der Waals surface area contributed by atoms with Crippen molar-refractivity contribution in [2.75, 3.05) is 0 Å². The molecule has 0 spiro atoms. The summed E-state index contributed by atoms with van der Waals surface area (Å²) in [5.41, 5.74) is 0.423. The van der Waals surface area contributed by atoms with E-state index < -0.39 is 0 Å². The van der Waals surface area contributed by atoms with Gasteiger partial charge >= 0.3 is 0 Å². The van der Waals surface area contributed by atoms with Crippen LogP contribution in [0.2, 0.25) is 5.28 Å². The first-order chi connectivity index (χ1) is 5.67. The van der Waals surface area contributed by atoms with E-state index >= 15 is 0 Å². The summed E-state index contributed by atoms with van der Waals surface area (Å²) in [5, 5.41) is 8.03. The predicted octanol–water partition coefficient (Wildman–Crippen LogP) is 2.29. The number of nitrogens with zero attached hydrogens (tertiary/aromatic N) is 3. The third-order valence-corrected chi connectivity index (χ3v) is 3.25. The maximum absolute atomic E-state index is 5.85. The molecule has 0 radical (unpaired) electrons. The zero-order valence-electron chi connectivity index (χ0n) is 7.29. The standard InChI is InChI=1S/C8H12ClN3/c1-3-8(2)4-6(8)12-5-10-11-7(12)9/h5-6H,3-4H2,1-2H3. The van der Waals surface area contributed by atoms with Crippen molar-refractivity contribution >= 4 is 11.6 Å². The molecule has 0 amide bonds. The first-order valence-electron chi connectivity index (χ1n) is 4.22. The lowest BCUT2D eigenvalue weighted by Gasteiger charge is -2.07. The van der Waals surface area contributed by atoms with Crippen LogP contribution in [0.25, 0.3) is 0 Å². The quantitative estimate of drug-likeness (QED) is 0.708. The van der Waals surface area contributed by atoms with E-state index in [4.69, 9.17) is 11.6 Å². The van der Waals surface area contributed by atoms with Crippen LogP contribution in [0.1, 0.15) is 32.7 Å². The van der Waals surface area contributed by atoms with E-state index in [2.05, 4.69) is 24.0 Å². The molecular weight excluding hydrogens is 174 g/mol. The van der Waals surface area contributed by atoms with E-state index in [0.717, 1.165) is 0 Å². The third-order valence-electron chi connectivity index (χ3n) is 2.98. The van der Waals surface area contributed by atoms with Crippen molar-refractivity contribution in [3.63, 3.8) is 0 Å². The minimum absolute atomic E-state index is 0.423. The highest BCUT2D eigenvalue weighted by molar-refractivity contribution is 6.28. The Morgan fingerprint density at radius 2 is 2.58 bits per heavy atom. The summed E-state index contributed by atoms with van der Waals surface area (Å²) < 4.78 is 1.96. The number of rotatable bonds is 2. The average Bonchev–Trinajstić information content (AvgIpc) is 2.54. The van der Waals surface area contributed by atoms with Crippen molar-refractivity contribution in [2.45, 2.75) is 32.7 Å². The van der Waals surface area contributed by atoms with Gasteiger partial charge in [0.2, 0.25) is 5.28 Å². The van der Waals surface area contributed by atoms with E-state index in [1.807, 2.05) is 4.57 Å². The molecular formula is C8H12ClN3. The van der Waals surface area contributed by atoms with Gasteiger partial charge in [0.15, 0.2) is 0 Å². The van der Waals surface area contributed by atoms with Crippen LogP contribution in [0.3, 0.4) is 0 Å². The molecule has 1 aliphatic carbocycles. The molecule has 1 aromatic heterocycles. The molecule has 2 rings (SSSR count). The molecule has 4 heteroatoms. The molecule has 1 heterocycles. The van der Waals surface area contributed by atoms with Crippen LogP contribution in [0.15, 0.2) is 6.33 Å². The lowest BCUT2D eigenvalue weighted by molar-refractivity contribution is 0.475. The summed E-state index contributed by atoms with van der Waals surface area (Å²) in [4.78, 5) is 0. The van der Waals surface area contributed by atoms with Gasteiger partial charge in [-0.3, -0.25) is 0 Å². The second-order valence-electron chi connectivity index (χ2n) is 3.73. The largest absolute Gasteiger partial charge is 0.301 e. The molecule has 1 saturated carbocycles. The van der Waals surface area contributed by atoms with Crippen LogP contribution in [-0.4, -0.2) is 14.8 Å². The number of halogens is 1. The first-order valence-corrected chi connectivity index (χ1v) is 4.60. The van der Waals surface area contributed by atoms with Gasteiger partial charge in [0, 0.05) is 6.04 Å². The van der Waals surface area contributed by atoms with Gasteiger partial charge < -0.3 is 4.57 Å². The second kappa shape index (κ2) is 2.46. The van der Waals surface area contributed by atoms with E-state index in [1.165, 1.54) is 12.8 Å². The summed E-state index contributed by atoms with van der Waals surface area (Å²) in [7, 11) is 0. The van der Waals surface area contributed by atoms with Gasteiger partial charge in [0.25, 0.3) is 0 Å². The van der Waals surface area contributed by atoms with Gasteiger partial charge in [-0.15, -0.1) is 10.2 Å². The van der Waals surface area contributed by atoms with Crippen molar-refractivity contribution in [2.24, 2.45) is 5.41 Å². The minimum Gasteiger partial charge on any atom is -0.301 e. The molecule has 2 atom stereocenters. The highest BCUT2D eigenvalue weighted by atomic mass is 35.5. The minimum atomic E-state index is 0.423. The molecule has 0 N–H and O–H groups in total. The SMILES string of the molecule is CCC1(C)CC1n1cnnc1Cl. The summed E-state index contributed by atoms with van der Waals surface area (Å²) in [6.45, 7) is 4.48. The van der Waals surface area contributed by atoms with Gasteiger partial charge in [-0.1, -0.05) is 13.8 Å². The molecule has 0 aliphatic heterocycles. The van der Waals surface area contributed by atoms with Crippen molar-refractivity contribution in [3.05, 3.63) is 11.6 Å². The van der Waals surface area contributed by atoms with Crippen molar-refractivity contribution in [1.29, 1.82) is 0 Å². The fourth-order valence-electron chi connectivity index (χ4n) is 1.63. The van der Waals surface area contributed by atoms with Crippen LogP contribution >= 0.6 is 11.6 Å². The Morgan fingerprint density at radius 1 is 1.83 bits per heavy atom. The molecule has 1 aromatic rings. The molecule has 0 aromatic carbocycles. The number of hydrogen-bond acceptors (Lipinski definition) is 2. The van der Waals surface area contributed by atoms with Crippen LogP contribution in [0.4, 0.5) is 0 Å². The van der Waals surface area contributed by atoms with Crippen LogP contribution in [0.5, 0.6) is 0 Å². The Kier molecular flexibility index (Phi) is 1.65. The van der Waals surface area contributed by atoms with E-state index in [9.17, 15) is 0 Å². The summed E-state index contributed by atoms with van der Waals surface area (Å²) in [5.74, 6) is 0. The van der Waals surface area contributed by atoms with Crippen LogP contribution in [-0.2, 0) is 0 Å². The fourth-order valence-corrected chi connectivity index (χ4v) is 1.84. The molecule has 66 valence electrons. The van der Waals surface area contributed by atoms with E-state index in [0.29, 0.717) is 16.7 Å². The van der Waals surface area contributed by atoms with Crippen LogP contribution < -0.4 is 0 Å². The normalized spacial score (nSPS) is 33.8. The van der Waals surface area contributed by atoms with Gasteiger partial charge in [-0.2, -0.15) is 0 Å². The Balaban J connectivity index is 2.20. The van der Waals surface area contributed by atoms with Gasteiger partial charge in [-0.05, 0) is 29.9 Å². The van der Waals surface area contributed by atoms with E-state index in [-0.39, 0.29) is 0 Å². The zero-order valence-corrected chi connectivity index (χ0v) is 8.04. The molecule has 3 nitrogen and oxygen atoms in total. The summed E-state index contributed by atoms with van der Waals surface area (Å²) in [6.07, 6.45) is 4.10. The first kappa shape index (κ1) is 8.05. The van der Waals surface area contributed by atoms with E-state index in [1.54, 1.807) is 6.33 Å². The van der Waals surface area contributed by atoms with Gasteiger partial charge in [-0.25, -0.2) is 0 Å². The summed E-state index contributed by atoms with van der Waals surface area (Å²) >= 11 is 5.85. The lowest BCUT2D eigenvalue weighted by atomic mass is 10.1. The Bertz CT molecular complexity index is 296. The van der Waals surface area contributed by atoms with Crippen molar-refractivity contribution < 1.29 is 0 Å². The predicted molar refractivity (Wildman–Crippen MR) is 47.1 cm³/mol. The Labute approximate surface area is 76.7 Å². The average molecular weight is 186 g/mol. The molecule has 1 aliphatic rings. The molecule has 1 fully saturated rings.